The predicted molar refractivity (Wildman–Crippen MR) is 79.2 cm³/mol. The fourth-order valence-corrected chi connectivity index (χ4v) is 1.80. The molecular weight excluding hydrogens is 294 g/mol. The molecule has 0 aliphatic heterocycles. The molecule has 1 aromatic carbocycles. The smallest absolute Gasteiger partial charge is 0.339 e. The number of hydrogen-bond donors (Lipinski definition) is 1. The molecule has 1 N–H and O–H groups in total. The zero-order valence-corrected chi connectivity index (χ0v) is 11.9. The maximum absolute atomic E-state index is 11.8. The normalized spacial score (nSPS) is 10.6. The number of anilines is 1. The van der Waals surface area contributed by atoms with Gasteiger partial charge >= 0.3 is 5.97 Å². The number of ether oxygens (including phenoxy) is 1. The summed E-state index contributed by atoms with van der Waals surface area (Å²) in [7, 11) is 1.26. The predicted octanol–water partition coefficient (Wildman–Crippen LogP) is 3.37. The molecule has 0 aliphatic rings. The number of esters is 1. The second-order valence-electron chi connectivity index (χ2n) is 4.02. The van der Waals surface area contributed by atoms with Crippen LogP contribution in [0.4, 0.5) is 5.69 Å². The molecule has 0 fully saturated rings. The highest BCUT2D eigenvalue weighted by Gasteiger charge is 2.13. The third-order valence-electron chi connectivity index (χ3n) is 2.59. The first-order valence-corrected chi connectivity index (χ1v) is 6.38. The average Bonchev–Trinajstić information content (AvgIpc) is 2.98. The second kappa shape index (κ2) is 6.76. The largest absolute Gasteiger partial charge is 0.465 e. The number of amides is 1. The van der Waals surface area contributed by atoms with Crippen LogP contribution in [0.1, 0.15) is 16.1 Å². The number of halogens is 1. The Bertz CT molecular complexity index is 677. The highest BCUT2D eigenvalue weighted by Crippen LogP contribution is 2.22. The van der Waals surface area contributed by atoms with Crippen LogP contribution in [0.15, 0.2) is 47.1 Å². The van der Waals surface area contributed by atoms with Gasteiger partial charge in [-0.05, 0) is 36.4 Å². The van der Waals surface area contributed by atoms with E-state index in [0.29, 0.717) is 10.8 Å². The third-order valence-corrected chi connectivity index (χ3v) is 2.82. The topological polar surface area (TPSA) is 68.5 Å². The van der Waals surface area contributed by atoms with E-state index in [2.05, 4.69) is 10.1 Å². The number of carbonyl (C=O) groups is 2. The van der Waals surface area contributed by atoms with Crippen molar-refractivity contribution in [3.05, 3.63) is 59.0 Å². The summed E-state index contributed by atoms with van der Waals surface area (Å²) in [6.07, 6.45) is 4.31. The average molecular weight is 306 g/mol. The van der Waals surface area contributed by atoms with Gasteiger partial charge in [-0.15, -0.1) is 0 Å². The number of furan rings is 1. The molecule has 1 aromatic heterocycles. The standard InChI is InChI=1S/C15H12ClNO4/c1-20-15(19)12-6-4-10(16)9-13(12)17-14(18)7-5-11-3-2-8-21-11/h2-9H,1H3,(H,17,18)/b7-5+. The Kier molecular flexibility index (Phi) is 4.79. The number of rotatable bonds is 4. The first kappa shape index (κ1) is 14.9. The molecule has 0 atom stereocenters. The number of carbonyl (C=O) groups excluding carboxylic acids is 2. The summed E-state index contributed by atoms with van der Waals surface area (Å²) >= 11 is 5.87. The van der Waals surface area contributed by atoms with Crippen LogP contribution in [0.25, 0.3) is 6.08 Å². The van der Waals surface area contributed by atoms with Gasteiger partial charge in [0.15, 0.2) is 0 Å². The lowest BCUT2D eigenvalue weighted by atomic mass is 10.1. The summed E-state index contributed by atoms with van der Waals surface area (Å²) in [5.74, 6) is -0.430. The highest BCUT2D eigenvalue weighted by atomic mass is 35.5. The Morgan fingerprint density at radius 2 is 2.14 bits per heavy atom. The van der Waals surface area contributed by atoms with Crippen molar-refractivity contribution >= 4 is 35.2 Å². The van der Waals surface area contributed by atoms with Crippen LogP contribution in [0.5, 0.6) is 0 Å². The number of methoxy groups -OCH3 is 1. The molecule has 2 rings (SSSR count). The zero-order valence-electron chi connectivity index (χ0n) is 11.1. The van der Waals surface area contributed by atoms with Crippen LogP contribution in [-0.4, -0.2) is 19.0 Å². The van der Waals surface area contributed by atoms with Crippen LogP contribution in [0.2, 0.25) is 5.02 Å². The van der Waals surface area contributed by atoms with Crippen molar-refractivity contribution < 1.29 is 18.7 Å². The summed E-state index contributed by atoms with van der Waals surface area (Å²) in [6, 6.07) is 7.93. The zero-order chi connectivity index (χ0) is 15.2. The maximum atomic E-state index is 11.8. The van der Waals surface area contributed by atoms with E-state index < -0.39 is 11.9 Å². The van der Waals surface area contributed by atoms with Gasteiger partial charge < -0.3 is 14.5 Å². The van der Waals surface area contributed by atoms with Crippen LogP contribution >= 0.6 is 11.6 Å². The minimum absolute atomic E-state index is 0.224. The van der Waals surface area contributed by atoms with Gasteiger partial charge in [0.1, 0.15) is 5.76 Å². The molecule has 2 aromatic rings. The van der Waals surface area contributed by atoms with Gasteiger partial charge in [0.05, 0.1) is 24.6 Å². The van der Waals surface area contributed by atoms with Crippen molar-refractivity contribution in [3.63, 3.8) is 0 Å². The molecule has 0 unspecified atom stereocenters. The molecule has 5 nitrogen and oxygen atoms in total. The molecule has 0 saturated carbocycles. The van der Waals surface area contributed by atoms with Crippen LogP contribution < -0.4 is 5.32 Å². The molecule has 0 radical (unpaired) electrons. The van der Waals surface area contributed by atoms with Crippen molar-refractivity contribution in [1.82, 2.24) is 0 Å². The summed E-state index contributed by atoms with van der Waals surface area (Å²) in [4.78, 5) is 23.5. The number of hydrogen-bond acceptors (Lipinski definition) is 4. The lowest BCUT2D eigenvalue weighted by Gasteiger charge is -2.08. The highest BCUT2D eigenvalue weighted by molar-refractivity contribution is 6.31. The van der Waals surface area contributed by atoms with Crippen LogP contribution in [0, 0.1) is 0 Å². The van der Waals surface area contributed by atoms with E-state index in [9.17, 15) is 9.59 Å². The molecule has 6 heteroatoms. The van der Waals surface area contributed by atoms with Gasteiger partial charge in [-0.3, -0.25) is 4.79 Å². The summed E-state index contributed by atoms with van der Waals surface area (Å²) in [5, 5.41) is 2.97. The van der Waals surface area contributed by atoms with Gasteiger partial charge in [-0.25, -0.2) is 4.79 Å². The van der Waals surface area contributed by atoms with Crippen LogP contribution in [0.3, 0.4) is 0 Å². The molecular formula is C15H12ClNO4. The van der Waals surface area contributed by atoms with Gasteiger partial charge in [-0.1, -0.05) is 11.6 Å². The van der Waals surface area contributed by atoms with E-state index in [1.165, 1.54) is 37.7 Å². The Hall–Kier alpha value is -2.53. The molecule has 1 amide bonds. The van der Waals surface area contributed by atoms with Crippen molar-refractivity contribution in [2.75, 3.05) is 12.4 Å². The van der Waals surface area contributed by atoms with E-state index in [1.54, 1.807) is 18.2 Å². The number of benzene rings is 1. The van der Waals surface area contributed by atoms with Crippen molar-refractivity contribution in [1.29, 1.82) is 0 Å². The fraction of sp³-hybridized carbons (Fsp3) is 0.0667. The quantitative estimate of drug-likeness (QED) is 0.694. The van der Waals surface area contributed by atoms with E-state index in [0.717, 1.165) is 0 Å². The molecule has 0 bridgehead atoms. The SMILES string of the molecule is COC(=O)c1ccc(Cl)cc1NC(=O)/C=C/c1ccco1. The molecule has 21 heavy (non-hydrogen) atoms. The van der Waals surface area contributed by atoms with E-state index >= 15 is 0 Å². The Morgan fingerprint density at radius 1 is 1.33 bits per heavy atom. The molecule has 0 aliphatic carbocycles. The van der Waals surface area contributed by atoms with Crippen molar-refractivity contribution in [3.8, 4) is 0 Å². The van der Waals surface area contributed by atoms with E-state index in [-0.39, 0.29) is 11.3 Å². The summed E-state index contributed by atoms with van der Waals surface area (Å²) in [6.45, 7) is 0. The monoisotopic (exact) mass is 305 g/mol. The summed E-state index contributed by atoms with van der Waals surface area (Å²) < 4.78 is 9.72. The first-order chi connectivity index (χ1) is 10.1. The maximum Gasteiger partial charge on any atom is 0.339 e. The van der Waals surface area contributed by atoms with Crippen molar-refractivity contribution in [2.24, 2.45) is 0 Å². The van der Waals surface area contributed by atoms with Crippen LogP contribution in [-0.2, 0) is 9.53 Å². The van der Waals surface area contributed by atoms with Gasteiger partial charge in [0.25, 0.3) is 0 Å². The third kappa shape index (κ3) is 3.97. The lowest BCUT2D eigenvalue weighted by molar-refractivity contribution is -0.111. The second-order valence-corrected chi connectivity index (χ2v) is 4.46. The van der Waals surface area contributed by atoms with Crippen molar-refractivity contribution in [2.45, 2.75) is 0 Å². The Morgan fingerprint density at radius 3 is 2.81 bits per heavy atom. The molecule has 1 heterocycles. The van der Waals surface area contributed by atoms with Gasteiger partial charge in [-0.2, -0.15) is 0 Å². The summed E-state index contributed by atoms with van der Waals surface area (Å²) in [5.41, 5.74) is 0.505. The van der Waals surface area contributed by atoms with E-state index in [1.807, 2.05) is 0 Å². The first-order valence-electron chi connectivity index (χ1n) is 6.00. The minimum atomic E-state index is -0.558. The van der Waals surface area contributed by atoms with Gasteiger partial charge in [0.2, 0.25) is 5.91 Å². The Labute approximate surface area is 126 Å². The van der Waals surface area contributed by atoms with Gasteiger partial charge in [0, 0.05) is 11.1 Å². The minimum Gasteiger partial charge on any atom is -0.465 e. The lowest BCUT2D eigenvalue weighted by Crippen LogP contribution is -2.13. The molecule has 108 valence electrons. The van der Waals surface area contributed by atoms with E-state index in [4.69, 9.17) is 16.0 Å². The Balaban J connectivity index is 2.16. The fourth-order valence-electron chi connectivity index (χ4n) is 1.63. The molecule has 0 saturated heterocycles. The number of nitrogens with one attached hydrogen (secondary N) is 1. The molecule has 0 spiro atoms.